The van der Waals surface area contributed by atoms with Crippen molar-refractivity contribution < 1.29 is 9.18 Å². The Morgan fingerprint density at radius 2 is 1.71 bits per heavy atom. The van der Waals surface area contributed by atoms with Gasteiger partial charge in [-0.25, -0.2) is 9.37 Å². The van der Waals surface area contributed by atoms with Crippen LogP contribution < -0.4 is 4.90 Å². The SMILES string of the molecule is CN(C(=O)Cc1ccc(F)c(-c2ncc[nH]2)c1)c1cccc(CCc2ccccc2)c1. The first-order valence-electron chi connectivity index (χ1n) is 10.3. The second-order valence-corrected chi connectivity index (χ2v) is 7.54. The summed E-state index contributed by atoms with van der Waals surface area (Å²) in [6.07, 6.45) is 5.26. The summed E-state index contributed by atoms with van der Waals surface area (Å²) in [6, 6.07) is 23.1. The number of aromatic amines is 1. The average molecular weight is 413 g/mol. The number of amides is 1. The van der Waals surface area contributed by atoms with Crippen molar-refractivity contribution in [2.45, 2.75) is 19.3 Å². The minimum absolute atomic E-state index is 0.0581. The predicted octanol–water partition coefficient (Wildman–Crippen LogP) is 5.21. The zero-order valence-electron chi connectivity index (χ0n) is 17.4. The molecule has 3 aromatic carbocycles. The Balaban J connectivity index is 1.44. The van der Waals surface area contributed by atoms with Crippen LogP contribution in [0.1, 0.15) is 16.7 Å². The Hall–Kier alpha value is -3.73. The van der Waals surface area contributed by atoms with Gasteiger partial charge in [-0.2, -0.15) is 0 Å². The molecule has 156 valence electrons. The van der Waals surface area contributed by atoms with Crippen molar-refractivity contribution in [1.29, 1.82) is 0 Å². The molecular formula is C26H24FN3O. The van der Waals surface area contributed by atoms with Crippen molar-refractivity contribution in [2.75, 3.05) is 11.9 Å². The van der Waals surface area contributed by atoms with E-state index < -0.39 is 0 Å². The number of carbonyl (C=O) groups is 1. The number of imidazole rings is 1. The fourth-order valence-corrected chi connectivity index (χ4v) is 3.57. The van der Waals surface area contributed by atoms with Gasteiger partial charge in [0.05, 0.1) is 12.0 Å². The molecule has 31 heavy (non-hydrogen) atoms. The summed E-state index contributed by atoms with van der Waals surface area (Å²) in [5.41, 5.74) is 4.43. The molecule has 0 bridgehead atoms. The smallest absolute Gasteiger partial charge is 0.231 e. The molecule has 0 aliphatic carbocycles. The lowest BCUT2D eigenvalue weighted by Gasteiger charge is -2.18. The fraction of sp³-hybridized carbons (Fsp3) is 0.154. The molecule has 4 nitrogen and oxygen atoms in total. The lowest BCUT2D eigenvalue weighted by atomic mass is 10.0. The summed E-state index contributed by atoms with van der Waals surface area (Å²) in [5.74, 6) is 0.0223. The molecular weight excluding hydrogens is 389 g/mol. The second kappa shape index (κ2) is 9.39. The minimum Gasteiger partial charge on any atom is -0.345 e. The van der Waals surface area contributed by atoms with E-state index in [1.807, 2.05) is 30.3 Å². The molecule has 4 aromatic rings. The summed E-state index contributed by atoms with van der Waals surface area (Å²) in [6.45, 7) is 0. The van der Waals surface area contributed by atoms with E-state index in [0.29, 0.717) is 11.4 Å². The molecule has 0 saturated heterocycles. The zero-order valence-corrected chi connectivity index (χ0v) is 17.4. The number of aryl methyl sites for hydroxylation is 2. The van der Waals surface area contributed by atoms with Crippen molar-refractivity contribution in [2.24, 2.45) is 0 Å². The normalized spacial score (nSPS) is 10.8. The van der Waals surface area contributed by atoms with E-state index in [1.165, 1.54) is 17.2 Å². The van der Waals surface area contributed by atoms with Crippen LogP contribution in [0.25, 0.3) is 11.4 Å². The van der Waals surface area contributed by atoms with Crippen LogP contribution in [0.5, 0.6) is 0 Å². The molecule has 0 spiro atoms. The van der Waals surface area contributed by atoms with Crippen LogP contribution in [0.15, 0.2) is 85.2 Å². The molecule has 1 N–H and O–H groups in total. The highest BCUT2D eigenvalue weighted by Crippen LogP contribution is 2.22. The van der Waals surface area contributed by atoms with Crippen molar-refractivity contribution in [3.8, 4) is 11.4 Å². The summed E-state index contributed by atoms with van der Waals surface area (Å²) >= 11 is 0. The standard InChI is InChI=1S/C26H24FN3O/c1-30(22-9-5-8-20(16-22)11-10-19-6-3-2-4-7-19)25(31)18-21-12-13-24(27)23(17-21)26-28-14-15-29-26/h2-9,12-17H,10-11,18H2,1H3,(H,28,29). The highest BCUT2D eigenvalue weighted by atomic mass is 19.1. The zero-order chi connectivity index (χ0) is 21.6. The maximum atomic E-state index is 14.2. The number of likely N-dealkylation sites (N-methyl/N-ethyl adjacent to an activating group) is 1. The number of halogens is 1. The summed E-state index contributed by atoms with van der Waals surface area (Å²) in [7, 11) is 1.77. The summed E-state index contributed by atoms with van der Waals surface area (Å²) < 4.78 is 14.2. The van der Waals surface area contributed by atoms with E-state index in [9.17, 15) is 9.18 Å². The molecule has 0 aliphatic rings. The van der Waals surface area contributed by atoms with Gasteiger partial charge < -0.3 is 9.88 Å². The number of nitrogens with zero attached hydrogens (tertiary/aromatic N) is 2. The third-order valence-electron chi connectivity index (χ3n) is 5.36. The van der Waals surface area contributed by atoms with Crippen LogP contribution in [-0.4, -0.2) is 22.9 Å². The molecule has 0 atom stereocenters. The molecule has 0 fully saturated rings. The van der Waals surface area contributed by atoms with Gasteiger partial charge in [0, 0.05) is 25.1 Å². The third kappa shape index (κ3) is 5.07. The quantitative estimate of drug-likeness (QED) is 0.452. The Bertz CT molecular complexity index is 1160. The molecule has 4 rings (SSSR count). The number of hydrogen-bond donors (Lipinski definition) is 1. The van der Waals surface area contributed by atoms with Gasteiger partial charge in [-0.15, -0.1) is 0 Å². The maximum absolute atomic E-state index is 14.2. The van der Waals surface area contributed by atoms with E-state index in [1.54, 1.807) is 36.5 Å². The van der Waals surface area contributed by atoms with Crippen molar-refractivity contribution >= 4 is 11.6 Å². The first-order chi connectivity index (χ1) is 15.1. The van der Waals surface area contributed by atoms with Gasteiger partial charge in [0.2, 0.25) is 5.91 Å². The molecule has 1 aromatic heterocycles. The summed E-state index contributed by atoms with van der Waals surface area (Å²) in [4.78, 5) is 21.6. The van der Waals surface area contributed by atoms with Crippen molar-refractivity contribution in [1.82, 2.24) is 9.97 Å². The van der Waals surface area contributed by atoms with Gasteiger partial charge >= 0.3 is 0 Å². The van der Waals surface area contributed by atoms with Crippen LogP contribution in [0, 0.1) is 5.82 Å². The van der Waals surface area contributed by atoms with E-state index in [4.69, 9.17) is 0 Å². The van der Waals surface area contributed by atoms with Crippen LogP contribution >= 0.6 is 0 Å². The fourth-order valence-electron chi connectivity index (χ4n) is 3.57. The van der Waals surface area contributed by atoms with Gasteiger partial charge in [-0.05, 0) is 53.8 Å². The van der Waals surface area contributed by atoms with E-state index in [0.717, 1.165) is 24.1 Å². The molecule has 0 aliphatic heterocycles. The molecule has 1 amide bonds. The van der Waals surface area contributed by atoms with Gasteiger partial charge in [-0.3, -0.25) is 4.79 Å². The number of carbonyl (C=O) groups excluding carboxylic acids is 1. The van der Waals surface area contributed by atoms with Crippen molar-refractivity contribution in [3.63, 3.8) is 0 Å². The number of hydrogen-bond acceptors (Lipinski definition) is 2. The topological polar surface area (TPSA) is 49.0 Å². The number of benzene rings is 3. The molecule has 0 unspecified atom stereocenters. The molecule has 0 saturated carbocycles. The lowest BCUT2D eigenvalue weighted by molar-refractivity contribution is -0.117. The lowest BCUT2D eigenvalue weighted by Crippen LogP contribution is -2.28. The largest absolute Gasteiger partial charge is 0.345 e. The van der Waals surface area contributed by atoms with Gasteiger partial charge in [-0.1, -0.05) is 48.5 Å². The second-order valence-electron chi connectivity index (χ2n) is 7.54. The van der Waals surface area contributed by atoms with E-state index in [2.05, 4.69) is 34.2 Å². The minimum atomic E-state index is -0.370. The monoisotopic (exact) mass is 413 g/mol. The predicted molar refractivity (Wildman–Crippen MR) is 121 cm³/mol. The van der Waals surface area contributed by atoms with Gasteiger partial charge in [0.15, 0.2) is 0 Å². The van der Waals surface area contributed by atoms with Crippen LogP contribution in [0.4, 0.5) is 10.1 Å². The van der Waals surface area contributed by atoms with Crippen LogP contribution in [0.3, 0.4) is 0 Å². The first-order valence-corrected chi connectivity index (χ1v) is 10.3. The molecule has 5 heteroatoms. The van der Waals surface area contributed by atoms with Crippen LogP contribution in [0.2, 0.25) is 0 Å². The maximum Gasteiger partial charge on any atom is 0.231 e. The highest BCUT2D eigenvalue weighted by molar-refractivity contribution is 5.94. The Morgan fingerprint density at radius 3 is 2.48 bits per heavy atom. The van der Waals surface area contributed by atoms with E-state index in [-0.39, 0.29) is 18.1 Å². The summed E-state index contributed by atoms with van der Waals surface area (Å²) in [5, 5.41) is 0. The number of nitrogens with one attached hydrogen (secondary N) is 1. The number of H-pyrrole nitrogens is 1. The first kappa shape index (κ1) is 20.5. The Morgan fingerprint density at radius 1 is 0.935 bits per heavy atom. The van der Waals surface area contributed by atoms with Gasteiger partial charge in [0.1, 0.15) is 11.6 Å². The molecule has 1 heterocycles. The number of anilines is 1. The van der Waals surface area contributed by atoms with Gasteiger partial charge in [0.25, 0.3) is 0 Å². The van der Waals surface area contributed by atoms with Crippen molar-refractivity contribution in [3.05, 3.63) is 108 Å². The highest BCUT2D eigenvalue weighted by Gasteiger charge is 2.15. The molecule has 0 radical (unpaired) electrons. The van der Waals surface area contributed by atoms with E-state index >= 15 is 0 Å². The Kier molecular flexibility index (Phi) is 6.22. The Labute approximate surface area is 181 Å². The third-order valence-corrected chi connectivity index (χ3v) is 5.36. The average Bonchev–Trinajstić information content (AvgIpc) is 3.34. The number of rotatable bonds is 7. The van der Waals surface area contributed by atoms with Crippen LogP contribution in [-0.2, 0) is 24.1 Å². The number of aromatic nitrogens is 2.